The molecule has 0 aromatic heterocycles. The highest BCUT2D eigenvalue weighted by Gasteiger charge is 2.16. The summed E-state index contributed by atoms with van der Waals surface area (Å²) in [6.07, 6.45) is 0. The van der Waals surface area contributed by atoms with Gasteiger partial charge in [0, 0.05) is 17.0 Å². The Balaban J connectivity index is 3.02. The van der Waals surface area contributed by atoms with Crippen LogP contribution < -0.4 is 4.74 Å². The van der Waals surface area contributed by atoms with Crippen molar-refractivity contribution in [2.45, 2.75) is 10.7 Å². The predicted octanol–water partition coefficient (Wildman–Crippen LogP) is 2.92. The first-order valence-electron chi connectivity index (χ1n) is 3.82. The molecule has 0 heterocycles. The normalized spacial score (nSPS) is 10.4. The second-order valence-electron chi connectivity index (χ2n) is 2.47. The molecule has 0 fully saturated rings. The van der Waals surface area contributed by atoms with Gasteiger partial charge in [0.05, 0.1) is 12.0 Å². The molecule has 0 unspecified atom stereocenters. The van der Waals surface area contributed by atoms with Crippen LogP contribution in [0.4, 0.5) is 14.5 Å². The van der Waals surface area contributed by atoms with Gasteiger partial charge < -0.3 is 4.74 Å². The molecule has 1 aromatic rings. The lowest BCUT2D eigenvalue weighted by molar-refractivity contribution is -0.385. The Morgan fingerprint density at radius 2 is 2.20 bits per heavy atom. The minimum absolute atomic E-state index is 0.0225. The molecule has 0 aliphatic heterocycles. The van der Waals surface area contributed by atoms with E-state index in [1.165, 1.54) is 19.2 Å². The van der Waals surface area contributed by atoms with Crippen molar-refractivity contribution in [1.29, 1.82) is 0 Å². The van der Waals surface area contributed by atoms with Gasteiger partial charge in [-0.2, -0.15) is 8.78 Å². The van der Waals surface area contributed by atoms with Crippen molar-refractivity contribution in [3.8, 4) is 5.75 Å². The monoisotopic (exact) mass is 235 g/mol. The van der Waals surface area contributed by atoms with E-state index < -0.39 is 10.7 Å². The average Bonchev–Trinajstić information content (AvgIpc) is 2.16. The Hall–Kier alpha value is -1.37. The number of rotatable bonds is 4. The molecule has 1 rings (SSSR count). The van der Waals surface area contributed by atoms with Crippen molar-refractivity contribution in [3.63, 3.8) is 0 Å². The zero-order chi connectivity index (χ0) is 11.4. The molecule has 15 heavy (non-hydrogen) atoms. The molecule has 0 bridgehead atoms. The molecule has 0 atom stereocenters. The van der Waals surface area contributed by atoms with E-state index in [9.17, 15) is 18.9 Å². The van der Waals surface area contributed by atoms with Crippen LogP contribution in [-0.4, -0.2) is 17.8 Å². The largest absolute Gasteiger partial charge is 0.490 e. The number of nitro benzene ring substituents is 1. The van der Waals surface area contributed by atoms with Crippen LogP contribution in [0.15, 0.2) is 23.1 Å². The molecule has 0 radical (unpaired) electrons. The fourth-order valence-electron chi connectivity index (χ4n) is 0.985. The summed E-state index contributed by atoms with van der Waals surface area (Å²) >= 11 is 0.312. The van der Waals surface area contributed by atoms with Gasteiger partial charge in [-0.1, -0.05) is 11.8 Å². The van der Waals surface area contributed by atoms with E-state index >= 15 is 0 Å². The molecule has 0 amide bonds. The molecule has 0 aliphatic rings. The van der Waals surface area contributed by atoms with E-state index in [4.69, 9.17) is 4.74 Å². The number of halogens is 2. The van der Waals surface area contributed by atoms with Gasteiger partial charge in [-0.05, 0) is 6.07 Å². The molecule has 0 spiro atoms. The zero-order valence-electron chi connectivity index (χ0n) is 7.65. The highest BCUT2D eigenvalue weighted by molar-refractivity contribution is 7.99. The Morgan fingerprint density at radius 3 is 2.67 bits per heavy atom. The van der Waals surface area contributed by atoms with Crippen molar-refractivity contribution in [3.05, 3.63) is 28.3 Å². The van der Waals surface area contributed by atoms with Crippen LogP contribution >= 0.6 is 11.8 Å². The number of ether oxygens (including phenoxy) is 1. The van der Waals surface area contributed by atoms with E-state index in [0.717, 1.165) is 6.07 Å². The van der Waals surface area contributed by atoms with Crippen LogP contribution in [-0.2, 0) is 0 Å². The Kier molecular flexibility index (Phi) is 3.84. The predicted molar refractivity (Wildman–Crippen MR) is 51.5 cm³/mol. The standard InChI is InChI=1S/C8H7F2NO3S/c1-14-7-4-5(15-8(9)10)2-3-6(7)11(12)13/h2-4,8H,1H3. The topological polar surface area (TPSA) is 52.4 Å². The summed E-state index contributed by atoms with van der Waals surface area (Å²) in [6.45, 7) is 0. The quantitative estimate of drug-likeness (QED) is 0.457. The zero-order valence-corrected chi connectivity index (χ0v) is 8.46. The van der Waals surface area contributed by atoms with Crippen LogP contribution in [0.25, 0.3) is 0 Å². The maximum Gasteiger partial charge on any atom is 0.310 e. The maximum atomic E-state index is 12.0. The third-order valence-corrected chi connectivity index (χ3v) is 2.28. The van der Waals surface area contributed by atoms with E-state index in [-0.39, 0.29) is 16.3 Å². The van der Waals surface area contributed by atoms with Gasteiger partial charge in [0.1, 0.15) is 0 Å². The molecule has 0 aliphatic carbocycles. The van der Waals surface area contributed by atoms with Crippen LogP contribution in [0.3, 0.4) is 0 Å². The summed E-state index contributed by atoms with van der Waals surface area (Å²) in [6, 6.07) is 3.62. The number of benzene rings is 1. The number of nitrogens with zero attached hydrogens (tertiary/aromatic N) is 1. The summed E-state index contributed by atoms with van der Waals surface area (Å²) in [4.78, 5) is 10.1. The molecule has 0 N–H and O–H groups in total. The Morgan fingerprint density at radius 1 is 1.53 bits per heavy atom. The van der Waals surface area contributed by atoms with Crippen LogP contribution in [0, 0.1) is 10.1 Å². The summed E-state index contributed by atoms with van der Waals surface area (Å²) in [5.74, 6) is -2.58. The summed E-state index contributed by atoms with van der Waals surface area (Å²) in [5.41, 5.74) is -0.240. The maximum absolute atomic E-state index is 12.0. The number of thioether (sulfide) groups is 1. The summed E-state index contributed by atoms with van der Waals surface area (Å²) in [5, 5.41) is 10.5. The molecule has 82 valence electrons. The van der Waals surface area contributed by atoms with Crippen LogP contribution in [0.2, 0.25) is 0 Å². The number of hydrogen-bond donors (Lipinski definition) is 0. The third-order valence-electron chi connectivity index (χ3n) is 1.57. The molecule has 4 nitrogen and oxygen atoms in total. The fraction of sp³-hybridized carbons (Fsp3) is 0.250. The van der Waals surface area contributed by atoms with Gasteiger partial charge >= 0.3 is 5.69 Å². The van der Waals surface area contributed by atoms with Gasteiger partial charge in [0.2, 0.25) is 0 Å². The van der Waals surface area contributed by atoms with E-state index in [0.29, 0.717) is 11.8 Å². The van der Waals surface area contributed by atoms with Gasteiger partial charge in [0.15, 0.2) is 5.75 Å². The van der Waals surface area contributed by atoms with Crippen molar-refractivity contribution in [2.24, 2.45) is 0 Å². The van der Waals surface area contributed by atoms with Gasteiger partial charge in [-0.25, -0.2) is 0 Å². The summed E-state index contributed by atoms with van der Waals surface area (Å²) < 4.78 is 28.7. The first kappa shape index (κ1) is 11.7. The molecule has 0 saturated carbocycles. The Bertz CT molecular complexity index is 373. The second kappa shape index (κ2) is 4.92. The third kappa shape index (κ3) is 3.05. The average molecular weight is 235 g/mol. The lowest BCUT2D eigenvalue weighted by Gasteiger charge is -2.04. The van der Waals surface area contributed by atoms with Crippen molar-refractivity contribution in [2.75, 3.05) is 7.11 Å². The van der Waals surface area contributed by atoms with Gasteiger partial charge in [0.25, 0.3) is 5.76 Å². The lowest BCUT2D eigenvalue weighted by atomic mass is 10.3. The highest BCUT2D eigenvalue weighted by Crippen LogP contribution is 2.33. The molecule has 0 saturated heterocycles. The van der Waals surface area contributed by atoms with Crippen molar-refractivity contribution >= 4 is 17.4 Å². The van der Waals surface area contributed by atoms with E-state index in [1.807, 2.05) is 0 Å². The number of hydrogen-bond acceptors (Lipinski definition) is 4. The SMILES string of the molecule is COc1cc(SC(F)F)ccc1[N+](=O)[O-]. The minimum Gasteiger partial charge on any atom is -0.490 e. The molecule has 7 heteroatoms. The van der Waals surface area contributed by atoms with Crippen LogP contribution in [0.1, 0.15) is 0 Å². The number of nitro groups is 1. The van der Waals surface area contributed by atoms with Crippen molar-refractivity contribution < 1.29 is 18.4 Å². The van der Waals surface area contributed by atoms with Crippen LogP contribution in [0.5, 0.6) is 5.75 Å². The minimum atomic E-state index is -2.56. The molecular weight excluding hydrogens is 228 g/mol. The number of alkyl halides is 2. The Labute approximate surface area is 88.4 Å². The van der Waals surface area contributed by atoms with E-state index in [2.05, 4.69) is 0 Å². The van der Waals surface area contributed by atoms with E-state index in [1.54, 1.807) is 0 Å². The molecule has 1 aromatic carbocycles. The fourth-order valence-corrected chi connectivity index (χ4v) is 1.51. The van der Waals surface area contributed by atoms with Gasteiger partial charge in [-0.3, -0.25) is 10.1 Å². The molecular formula is C8H7F2NO3S. The smallest absolute Gasteiger partial charge is 0.310 e. The first-order chi connectivity index (χ1) is 7.04. The summed E-state index contributed by atoms with van der Waals surface area (Å²) in [7, 11) is 1.25. The lowest BCUT2D eigenvalue weighted by Crippen LogP contribution is -1.94. The number of methoxy groups -OCH3 is 1. The highest BCUT2D eigenvalue weighted by atomic mass is 32.2. The second-order valence-corrected chi connectivity index (χ2v) is 3.53. The van der Waals surface area contributed by atoms with Gasteiger partial charge in [-0.15, -0.1) is 0 Å². The first-order valence-corrected chi connectivity index (χ1v) is 4.70. The van der Waals surface area contributed by atoms with Crippen molar-refractivity contribution in [1.82, 2.24) is 0 Å².